The summed E-state index contributed by atoms with van der Waals surface area (Å²) in [6, 6.07) is 4.87. The Kier molecular flexibility index (Phi) is 3.62. The first-order chi connectivity index (χ1) is 8.61. The molecule has 0 atom stereocenters. The van der Waals surface area contributed by atoms with E-state index in [0.29, 0.717) is 29.5 Å². The van der Waals surface area contributed by atoms with Crippen LogP contribution in [0.5, 0.6) is 0 Å². The molecule has 6 heteroatoms. The normalized spacial score (nSPS) is 10.6. The Morgan fingerprint density at radius 3 is 2.94 bits per heavy atom. The van der Waals surface area contributed by atoms with Crippen molar-refractivity contribution >= 4 is 17.3 Å². The number of aryl methyl sites for hydroxylation is 2. The number of oxazole rings is 1. The van der Waals surface area contributed by atoms with Gasteiger partial charge in [0.25, 0.3) is 5.69 Å². The zero-order chi connectivity index (χ0) is 13.1. The van der Waals surface area contributed by atoms with E-state index >= 15 is 0 Å². The topological polar surface area (TPSA) is 69.2 Å². The van der Waals surface area contributed by atoms with Gasteiger partial charge in [-0.15, -0.1) is 11.6 Å². The lowest BCUT2D eigenvalue weighted by Crippen LogP contribution is -1.91. The molecule has 2 rings (SSSR count). The van der Waals surface area contributed by atoms with Gasteiger partial charge in [-0.1, -0.05) is 6.07 Å². The van der Waals surface area contributed by atoms with E-state index in [-0.39, 0.29) is 5.69 Å². The third kappa shape index (κ3) is 2.51. The minimum absolute atomic E-state index is 0.00849. The fraction of sp³-hybridized carbons (Fsp3) is 0.250. The van der Waals surface area contributed by atoms with Gasteiger partial charge in [0, 0.05) is 18.4 Å². The van der Waals surface area contributed by atoms with E-state index in [0.717, 1.165) is 5.56 Å². The van der Waals surface area contributed by atoms with Crippen molar-refractivity contribution in [2.45, 2.75) is 13.3 Å². The molecule has 0 aliphatic carbocycles. The van der Waals surface area contributed by atoms with Gasteiger partial charge in [0.05, 0.1) is 16.7 Å². The summed E-state index contributed by atoms with van der Waals surface area (Å²) in [5.74, 6) is 1.27. The molecule has 18 heavy (non-hydrogen) atoms. The predicted molar refractivity (Wildman–Crippen MR) is 67.8 cm³/mol. The molecule has 0 unspecified atom stereocenters. The Hall–Kier alpha value is -1.88. The van der Waals surface area contributed by atoms with Crippen LogP contribution in [0.4, 0.5) is 5.69 Å². The van der Waals surface area contributed by atoms with Gasteiger partial charge in [-0.2, -0.15) is 0 Å². The van der Waals surface area contributed by atoms with Gasteiger partial charge in [0.1, 0.15) is 0 Å². The highest BCUT2D eigenvalue weighted by molar-refractivity contribution is 6.17. The van der Waals surface area contributed by atoms with Crippen molar-refractivity contribution in [3.63, 3.8) is 0 Å². The number of hydrogen-bond donors (Lipinski definition) is 0. The molecule has 0 aliphatic rings. The third-order valence-corrected chi connectivity index (χ3v) is 2.67. The van der Waals surface area contributed by atoms with Gasteiger partial charge < -0.3 is 4.42 Å². The molecule has 0 saturated heterocycles. The van der Waals surface area contributed by atoms with Crippen molar-refractivity contribution in [1.29, 1.82) is 0 Å². The molecule has 94 valence electrons. The highest BCUT2D eigenvalue weighted by Crippen LogP contribution is 2.31. The molecule has 5 nitrogen and oxygen atoms in total. The molecular weight excluding hydrogens is 256 g/mol. The first-order valence-corrected chi connectivity index (χ1v) is 5.91. The molecule has 0 saturated carbocycles. The summed E-state index contributed by atoms with van der Waals surface area (Å²) < 4.78 is 5.46. The second-order valence-corrected chi connectivity index (χ2v) is 4.21. The van der Waals surface area contributed by atoms with Crippen LogP contribution in [0.15, 0.2) is 28.8 Å². The van der Waals surface area contributed by atoms with E-state index < -0.39 is 4.92 Å². The van der Waals surface area contributed by atoms with E-state index in [9.17, 15) is 10.1 Å². The Balaban J connectivity index is 2.47. The first kappa shape index (κ1) is 12.6. The highest BCUT2D eigenvalue weighted by Gasteiger charge is 2.18. The van der Waals surface area contributed by atoms with Crippen LogP contribution in [0, 0.1) is 17.0 Å². The fourth-order valence-corrected chi connectivity index (χ4v) is 1.80. The first-order valence-electron chi connectivity index (χ1n) is 5.38. The lowest BCUT2D eigenvalue weighted by atomic mass is 10.1. The Morgan fingerprint density at radius 2 is 2.28 bits per heavy atom. The molecule has 0 fully saturated rings. The molecule has 1 aromatic carbocycles. The number of nitro benzene ring substituents is 1. The lowest BCUT2D eigenvalue weighted by molar-refractivity contribution is -0.384. The van der Waals surface area contributed by atoms with Gasteiger partial charge in [-0.25, -0.2) is 4.98 Å². The molecule has 0 spiro atoms. The molecule has 0 bridgehead atoms. The van der Waals surface area contributed by atoms with Gasteiger partial charge in [-0.05, 0) is 18.6 Å². The fourth-order valence-electron chi connectivity index (χ4n) is 1.64. The molecule has 1 heterocycles. The number of hydrogen-bond acceptors (Lipinski definition) is 4. The monoisotopic (exact) mass is 266 g/mol. The molecule has 1 aromatic heterocycles. The molecule has 0 N–H and O–H groups in total. The van der Waals surface area contributed by atoms with E-state index in [2.05, 4.69) is 4.98 Å². The highest BCUT2D eigenvalue weighted by atomic mass is 35.5. The van der Waals surface area contributed by atoms with Gasteiger partial charge in [0.15, 0.2) is 11.7 Å². The predicted octanol–water partition coefficient (Wildman–Crippen LogP) is 3.34. The number of rotatable bonds is 4. The van der Waals surface area contributed by atoms with Gasteiger partial charge in [0.2, 0.25) is 0 Å². The number of aromatic nitrogens is 1. The lowest BCUT2D eigenvalue weighted by Gasteiger charge is -2.00. The maximum atomic E-state index is 11.0. The summed E-state index contributed by atoms with van der Waals surface area (Å²) in [4.78, 5) is 14.6. The van der Waals surface area contributed by atoms with Crippen LogP contribution >= 0.6 is 11.6 Å². The number of alkyl halides is 1. The zero-order valence-electron chi connectivity index (χ0n) is 9.72. The maximum absolute atomic E-state index is 11.0. The Labute approximate surface area is 109 Å². The van der Waals surface area contributed by atoms with Gasteiger partial charge >= 0.3 is 0 Å². The van der Waals surface area contributed by atoms with Gasteiger partial charge in [-0.3, -0.25) is 10.1 Å². The quantitative estimate of drug-likeness (QED) is 0.483. The van der Waals surface area contributed by atoms with Crippen LogP contribution in [0.1, 0.15) is 11.5 Å². The summed E-state index contributed by atoms with van der Waals surface area (Å²) in [5, 5.41) is 11.0. The number of benzene rings is 1. The van der Waals surface area contributed by atoms with E-state index in [1.165, 1.54) is 12.3 Å². The molecule has 2 aromatic rings. The maximum Gasteiger partial charge on any atom is 0.280 e. The second kappa shape index (κ2) is 5.18. The average molecular weight is 267 g/mol. The zero-order valence-corrected chi connectivity index (χ0v) is 10.5. The van der Waals surface area contributed by atoms with E-state index in [1.807, 2.05) is 6.92 Å². The average Bonchev–Trinajstić information content (AvgIpc) is 2.77. The van der Waals surface area contributed by atoms with Crippen LogP contribution < -0.4 is 0 Å². The Bertz CT molecular complexity index is 580. The summed E-state index contributed by atoms with van der Waals surface area (Å²) in [6.45, 7) is 1.86. The SMILES string of the molecule is Cc1ccc([N+](=O)[O-])c(-c2cnc(CCCl)o2)c1. The summed E-state index contributed by atoms with van der Waals surface area (Å²) in [6.07, 6.45) is 1.99. The summed E-state index contributed by atoms with van der Waals surface area (Å²) >= 11 is 5.59. The second-order valence-electron chi connectivity index (χ2n) is 3.83. The molecule has 0 amide bonds. The van der Waals surface area contributed by atoms with Crippen LogP contribution in [0.25, 0.3) is 11.3 Å². The molecular formula is C12H11ClN2O3. The number of nitro groups is 1. The largest absolute Gasteiger partial charge is 0.440 e. The van der Waals surface area contributed by atoms with Crippen LogP contribution in [0.3, 0.4) is 0 Å². The summed E-state index contributed by atoms with van der Waals surface area (Å²) in [7, 11) is 0. The van der Waals surface area contributed by atoms with Crippen molar-refractivity contribution in [3.05, 3.63) is 46.0 Å². The van der Waals surface area contributed by atoms with Crippen molar-refractivity contribution in [1.82, 2.24) is 4.98 Å². The van der Waals surface area contributed by atoms with Crippen LogP contribution in [0.2, 0.25) is 0 Å². The van der Waals surface area contributed by atoms with Crippen molar-refractivity contribution < 1.29 is 9.34 Å². The van der Waals surface area contributed by atoms with Crippen LogP contribution in [-0.4, -0.2) is 15.8 Å². The van der Waals surface area contributed by atoms with E-state index in [1.54, 1.807) is 12.1 Å². The molecule has 0 aliphatic heterocycles. The Morgan fingerprint density at radius 1 is 1.50 bits per heavy atom. The minimum atomic E-state index is -0.432. The number of halogens is 1. The van der Waals surface area contributed by atoms with Crippen molar-refractivity contribution in [2.75, 3.05) is 5.88 Å². The molecule has 0 radical (unpaired) electrons. The number of nitrogens with zero attached hydrogens (tertiary/aromatic N) is 2. The minimum Gasteiger partial charge on any atom is -0.440 e. The van der Waals surface area contributed by atoms with Crippen molar-refractivity contribution in [3.8, 4) is 11.3 Å². The van der Waals surface area contributed by atoms with Crippen LogP contribution in [-0.2, 0) is 6.42 Å². The summed E-state index contributed by atoms with van der Waals surface area (Å²) in [5.41, 5.74) is 1.37. The smallest absolute Gasteiger partial charge is 0.280 e. The standard InChI is InChI=1S/C12H11ClN2O3/c1-8-2-3-10(15(16)17)9(6-8)11-7-14-12(18-11)4-5-13/h2-3,6-7H,4-5H2,1H3. The third-order valence-electron chi connectivity index (χ3n) is 2.48. The van der Waals surface area contributed by atoms with Crippen molar-refractivity contribution in [2.24, 2.45) is 0 Å². The van der Waals surface area contributed by atoms with E-state index in [4.69, 9.17) is 16.0 Å².